The topological polar surface area (TPSA) is 234 Å². The molecular formula is C36H52N8O8. The molecule has 0 aliphatic carbocycles. The van der Waals surface area contributed by atoms with Crippen LogP contribution in [0.1, 0.15) is 59.4 Å². The first-order valence-corrected chi connectivity index (χ1v) is 17.8. The van der Waals surface area contributed by atoms with Gasteiger partial charge in [0.1, 0.15) is 29.9 Å². The van der Waals surface area contributed by atoms with E-state index < -0.39 is 97.4 Å². The van der Waals surface area contributed by atoms with Crippen LogP contribution in [0, 0.1) is 11.8 Å². The third kappa shape index (κ3) is 9.95. The molecule has 2 aliphatic rings. The Balaban J connectivity index is 1.75. The highest BCUT2D eigenvalue weighted by Gasteiger charge is 2.38. The third-order valence-electron chi connectivity index (χ3n) is 9.36. The zero-order valence-corrected chi connectivity index (χ0v) is 30.3. The van der Waals surface area contributed by atoms with Crippen LogP contribution >= 0.6 is 0 Å². The van der Waals surface area contributed by atoms with Crippen LogP contribution in [0.3, 0.4) is 0 Å². The highest BCUT2D eigenvalue weighted by Crippen LogP contribution is 2.23. The second-order valence-corrected chi connectivity index (χ2v) is 14.2. The van der Waals surface area contributed by atoms with E-state index in [4.69, 9.17) is 0 Å². The van der Waals surface area contributed by atoms with Crippen LogP contribution in [0.25, 0.3) is 17.0 Å². The Morgan fingerprint density at radius 2 is 1.60 bits per heavy atom. The minimum absolute atomic E-state index is 0.0713. The molecule has 2 fully saturated rings. The van der Waals surface area contributed by atoms with E-state index in [9.17, 15) is 39.0 Å². The van der Waals surface area contributed by atoms with E-state index in [1.165, 1.54) is 11.0 Å². The molecule has 1 aromatic heterocycles. The molecule has 6 amide bonds. The van der Waals surface area contributed by atoms with Crippen LogP contribution < -0.4 is 31.9 Å². The Morgan fingerprint density at radius 1 is 0.885 bits per heavy atom. The van der Waals surface area contributed by atoms with Crippen LogP contribution in [0.15, 0.2) is 36.2 Å². The number of nitrogens with zero attached hydrogens (tertiary/aromatic N) is 1. The number of fused-ring (bicyclic) bond motifs is 2. The van der Waals surface area contributed by atoms with Crippen LogP contribution in [0.4, 0.5) is 0 Å². The molecule has 16 nitrogen and oxygen atoms in total. The third-order valence-corrected chi connectivity index (χ3v) is 9.36. The lowest BCUT2D eigenvalue weighted by atomic mass is 9.99. The van der Waals surface area contributed by atoms with Gasteiger partial charge in [0.2, 0.25) is 29.5 Å². The summed E-state index contributed by atoms with van der Waals surface area (Å²) in [6.07, 6.45) is 4.51. The number of hydrogen-bond acceptors (Lipinski definition) is 9. The number of para-hydroxylation sites is 1. The first-order chi connectivity index (χ1) is 24.7. The largest absolute Gasteiger partial charge is 0.394 e. The highest BCUT2D eigenvalue weighted by molar-refractivity contribution is 6.05. The Morgan fingerprint density at radius 3 is 2.27 bits per heavy atom. The first kappa shape index (κ1) is 40.0. The summed E-state index contributed by atoms with van der Waals surface area (Å²) >= 11 is 0. The van der Waals surface area contributed by atoms with Gasteiger partial charge in [-0.3, -0.25) is 34.1 Å². The summed E-state index contributed by atoms with van der Waals surface area (Å²) in [4.78, 5) is 85.9. The van der Waals surface area contributed by atoms with Gasteiger partial charge in [-0.15, -0.1) is 0 Å². The molecule has 16 heteroatoms. The number of H-pyrrole nitrogens is 1. The van der Waals surface area contributed by atoms with E-state index in [0.717, 1.165) is 10.9 Å². The molecule has 284 valence electrons. The van der Waals surface area contributed by atoms with Gasteiger partial charge in [0.05, 0.1) is 19.8 Å². The minimum atomic E-state index is -1.30. The lowest BCUT2D eigenvalue weighted by Crippen LogP contribution is -2.59. The molecule has 0 radical (unpaired) electrons. The smallest absolute Gasteiger partial charge is 0.268 e. The Hall–Kier alpha value is -4.80. The first-order valence-electron chi connectivity index (χ1n) is 17.8. The van der Waals surface area contributed by atoms with E-state index in [2.05, 4.69) is 36.9 Å². The molecule has 52 heavy (non-hydrogen) atoms. The van der Waals surface area contributed by atoms with Crippen molar-refractivity contribution in [3.63, 3.8) is 0 Å². The summed E-state index contributed by atoms with van der Waals surface area (Å²) in [5, 5.41) is 37.3. The van der Waals surface area contributed by atoms with E-state index in [0.29, 0.717) is 24.9 Å². The predicted octanol–water partition coefficient (Wildman–Crippen LogP) is -0.766. The Bertz CT molecular complexity index is 1660. The van der Waals surface area contributed by atoms with E-state index in [1.54, 1.807) is 27.0 Å². The fourth-order valence-electron chi connectivity index (χ4n) is 6.61. The standard InChI is InChI=1S/C36H52N8O8/c1-19(2)13-25-33(49)43-31(20(3)4)35(51)38-16-30(47)40-28(18-46)36(52)44-12-8-11-29(44)21(5)39-27(17-45)34(50)42-26(32(48)41-25)14-22-15-37-24-10-7-6-9-23(22)24/h6-7,9-10,14-15,19-21,25,27-29,31,37,39,45-46H,8,11-13,16-18H2,1-5H3,(H,38,51)(H,40,47)(H,41,48)(H,42,50)(H,43,49). The number of hydrogen-bond donors (Lipinski definition) is 9. The number of nitrogens with one attached hydrogen (secondary N) is 7. The zero-order chi connectivity index (χ0) is 38.1. The lowest BCUT2D eigenvalue weighted by Gasteiger charge is -2.34. The molecule has 0 saturated carbocycles. The van der Waals surface area contributed by atoms with Crippen LogP contribution in [0.5, 0.6) is 0 Å². The number of carbonyl (C=O) groups excluding carboxylic acids is 6. The summed E-state index contributed by atoms with van der Waals surface area (Å²) in [5.41, 5.74) is 1.18. The molecule has 6 atom stereocenters. The number of aromatic nitrogens is 1. The lowest BCUT2D eigenvalue weighted by molar-refractivity contribution is -0.138. The van der Waals surface area contributed by atoms with Gasteiger partial charge in [-0.05, 0) is 50.2 Å². The van der Waals surface area contributed by atoms with Crippen molar-refractivity contribution >= 4 is 52.4 Å². The van der Waals surface area contributed by atoms with Crippen molar-refractivity contribution in [2.24, 2.45) is 11.8 Å². The van der Waals surface area contributed by atoms with Gasteiger partial charge in [0, 0.05) is 41.3 Å². The van der Waals surface area contributed by atoms with Crippen LogP contribution in [0.2, 0.25) is 0 Å². The maximum absolute atomic E-state index is 14.0. The zero-order valence-electron chi connectivity index (χ0n) is 30.3. The molecule has 3 heterocycles. The number of rotatable bonds is 6. The summed E-state index contributed by atoms with van der Waals surface area (Å²) in [6, 6.07) is 1.64. The predicted molar refractivity (Wildman–Crippen MR) is 193 cm³/mol. The molecule has 0 spiro atoms. The van der Waals surface area contributed by atoms with Gasteiger partial charge in [-0.1, -0.05) is 45.9 Å². The molecule has 2 saturated heterocycles. The molecule has 4 rings (SSSR count). The van der Waals surface area contributed by atoms with Crippen molar-refractivity contribution < 1.29 is 39.0 Å². The number of benzene rings is 1. The quantitative estimate of drug-likeness (QED) is 0.170. The van der Waals surface area contributed by atoms with Crippen LogP contribution in [-0.2, 0) is 28.8 Å². The van der Waals surface area contributed by atoms with E-state index in [-0.39, 0.29) is 18.0 Å². The minimum Gasteiger partial charge on any atom is -0.394 e. The monoisotopic (exact) mass is 724 g/mol. The van der Waals surface area contributed by atoms with Gasteiger partial charge >= 0.3 is 0 Å². The summed E-state index contributed by atoms with van der Waals surface area (Å²) in [6.45, 7) is 7.36. The summed E-state index contributed by atoms with van der Waals surface area (Å²) in [7, 11) is 0. The SMILES string of the molecule is CC(C)CC1NC(=O)C(=Cc2c[nH]c3ccccc23)NC(=O)C(CO)NC(C)C2CCCN2C(=O)C(CO)NC(=O)CNC(=O)C(C(C)C)NC1=O. The highest BCUT2D eigenvalue weighted by atomic mass is 16.3. The summed E-state index contributed by atoms with van der Waals surface area (Å²) < 4.78 is 0. The number of carbonyl (C=O) groups is 6. The van der Waals surface area contributed by atoms with Crippen molar-refractivity contribution in [1.82, 2.24) is 41.8 Å². The molecule has 9 N–H and O–H groups in total. The molecule has 1 aromatic carbocycles. The molecule has 2 aliphatic heterocycles. The molecule has 0 bridgehead atoms. The fraction of sp³-hybridized carbons (Fsp3) is 0.556. The summed E-state index contributed by atoms with van der Waals surface area (Å²) in [5.74, 6) is -4.59. The average Bonchev–Trinajstić information content (AvgIpc) is 3.77. The molecular weight excluding hydrogens is 672 g/mol. The maximum Gasteiger partial charge on any atom is 0.268 e. The maximum atomic E-state index is 14.0. The van der Waals surface area contributed by atoms with Gasteiger partial charge in [0.25, 0.3) is 5.91 Å². The van der Waals surface area contributed by atoms with E-state index >= 15 is 0 Å². The van der Waals surface area contributed by atoms with Gasteiger partial charge in [-0.25, -0.2) is 0 Å². The Labute approximate surface area is 302 Å². The van der Waals surface area contributed by atoms with Crippen molar-refractivity contribution in [2.45, 2.75) is 90.1 Å². The van der Waals surface area contributed by atoms with E-state index in [1.807, 2.05) is 38.1 Å². The van der Waals surface area contributed by atoms with Gasteiger partial charge in [-0.2, -0.15) is 0 Å². The second kappa shape index (κ2) is 18.1. The van der Waals surface area contributed by atoms with Crippen LogP contribution in [-0.4, -0.2) is 118 Å². The van der Waals surface area contributed by atoms with Gasteiger partial charge in [0.15, 0.2) is 0 Å². The van der Waals surface area contributed by atoms with Crippen molar-refractivity contribution in [2.75, 3.05) is 26.3 Å². The number of aliphatic hydroxyl groups excluding tert-OH is 2. The van der Waals surface area contributed by atoms with Crippen molar-refractivity contribution in [3.8, 4) is 0 Å². The Kier molecular flexibility index (Phi) is 13.9. The number of aliphatic hydroxyl groups is 2. The second-order valence-electron chi connectivity index (χ2n) is 14.2. The molecule has 2 aromatic rings. The number of aromatic amines is 1. The van der Waals surface area contributed by atoms with Gasteiger partial charge < -0.3 is 46.7 Å². The van der Waals surface area contributed by atoms with Crippen molar-refractivity contribution in [1.29, 1.82) is 0 Å². The molecule has 6 unspecified atom stereocenters. The average molecular weight is 725 g/mol. The normalized spacial score (nSPS) is 27.2. The number of amides is 6. The van der Waals surface area contributed by atoms with Crippen molar-refractivity contribution in [3.05, 3.63) is 41.7 Å². The fourth-order valence-corrected chi connectivity index (χ4v) is 6.61.